The van der Waals surface area contributed by atoms with Crippen molar-refractivity contribution in [2.45, 2.75) is 37.8 Å². The Balaban J connectivity index is 1.57. The molecule has 2 heterocycles. The molecular formula is C16H23N3O2. The number of nitrogens with zero attached hydrogens (tertiary/aromatic N) is 1. The fraction of sp³-hybridized carbons (Fsp3) is 0.562. The summed E-state index contributed by atoms with van der Waals surface area (Å²) in [5, 5.41) is 3.60. The van der Waals surface area contributed by atoms with Gasteiger partial charge in [-0.05, 0) is 44.4 Å². The summed E-state index contributed by atoms with van der Waals surface area (Å²) in [4.78, 5) is 13.4. The van der Waals surface area contributed by atoms with E-state index in [2.05, 4.69) is 10.2 Å². The predicted octanol–water partition coefficient (Wildman–Crippen LogP) is 1.59. The molecule has 0 saturated carbocycles. The van der Waals surface area contributed by atoms with Gasteiger partial charge in [0.25, 0.3) is 5.91 Å². The number of nitrogens with two attached hydrogens (primary N) is 1. The lowest BCUT2D eigenvalue weighted by Crippen LogP contribution is -2.42. The lowest BCUT2D eigenvalue weighted by atomic mass is 9.97. The first-order valence-electron chi connectivity index (χ1n) is 7.72. The molecule has 114 valence electrons. The van der Waals surface area contributed by atoms with Crippen molar-refractivity contribution in [2.75, 3.05) is 25.0 Å². The van der Waals surface area contributed by atoms with Crippen LogP contribution in [0.3, 0.4) is 0 Å². The van der Waals surface area contributed by atoms with E-state index in [1.807, 2.05) is 24.3 Å². The number of rotatable bonds is 5. The van der Waals surface area contributed by atoms with E-state index in [1.165, 1.54) is 38.8 Å². The Morgan fingerprint density at radius 2 is 2.29 bits per heavy atom. The summed E-state index contributed by atoms with van der Waals surface area (Å²) in [6.45, 7) is 2.39. The zero-order valence-electron chi connectivity index (χ0n) is 12.3. The van der Waals surface area contributed by atoms with Gasteiger partial charge in [-0.25, -0.2) is 0 Å². The number of primary amides is 1. The fourth-order valence-corrected chi connectivity index (χ4v) is 3.42. The molecule has 2 unspecified atom stereocenters. The largest absolute Gasteiger partial charge is 0.484 e. The van der Waals surface area contributed by atoms with Crippen LogP contribution in [0.2, 0.25) is 0 Å². The Kier molecular flexibility index (Phi) is 4.29. The molecule has 2 saturated heterocycles. The molecule has 0 radical (unpaired) electrons. The van der Waals surface area contributed by atoms with Gasteiger partial charge in [-0.1, -0.05) is 6.07 Å². The van der Waals surface area contributed by atoms with E-state index in [-0.39, 0.29) is 6.61 Å². The van der Waals surface area contributed by atoms with Crippen LogP contribution < -0.4 is 15.8 Å². The zero-order chi connectivity index (χ0) is 14.7. The summed E-state index contributed by atoms with van der Waals surface area (Å²) >= 11 is 0. The molecule has 3 N–H and O–H groups in total. The highest BCUT2D eigenvalue weighted by molar-refractivity contribution is 5.75. The van der Waals surface area contributed by atoms with Gasteiger partial charge in [0.05, 0.1) is 0 Å². The first-order chi connectivity index (χ1) is 10.2. The van der Waals surface area contributed by atoms with Gasteiger partial charge in [0.2, 0.25) is 0 Å². The number of hydrogen-bond donors (Lipinski definition) is 2. The molecule has 0 aromatic heterocycles. The van der Waals surface area contributed by atoms with Gasteiger partial charge in [0.1, 0.15) is 5.75 Å². The lowest BCUT2D eigenvalue weighted by molar-refractivity contribution is -0.119. The Bertz CT molecular complexity index is 506. The topological polar surface area (TPSA) is 67.6 Å². The van der Waals surface area contributed by atoms with Crippen LogP contribution in [0, 0.1) is 0 Å². The van der Waals surface area contributed by atoms with E-state index in [1.54, 1.807) is 0 Å². The molecule has 0 spiro atoms. The summed E-state index contributed by atoms with van der Waals surface area (Å²) in [6, 6.07) is 9.03. The maximum absolute atomic E-state index is 10.8. The third kappa shape index (κ3) is 3.67. The average molecular weight is 289 g/mol. The minimum Gasteiger partial charge on any atom is -0.484 e. The second-order valence-electron chi connectivity index (χ2n) is 5.98. The summed E-state index contributed by atoms with van der Waals surface area (Å²) < 4.78 is 5.34. The minimum absolute atomic E-state index is 0.0794. The summed E-state index contributed by atoms with van der Waals surface area (Å²) in [7, 11) is 0. The van der Waals surface area contributed by atoms with Crippen LogP contribution in [0.15, 0.2) is 24.3 Å². The molecule has 2 atom stereocenters. The van der Waals surface area contributed by atoms with E-state index < -0.39 is 5.91 Å². The van der Waals surface area contributed by atoms with Gasteiger partial charge in [-0.2, -0.15) is 0 Å². The van der Waals surface area contributed by atoms with E-state index >= 15 is 0 Å². The molecule has 2 fully saturated rings. The number of hydrogen-bond acceptors (Lipinski definition) is 4. The van der Waals surface area contributed by atoms with Crippen LogP contribution in [0.4, 0.5) is 5.69 Å². The molecule has 21 heavy (non-hydrogen) atoms. The number of carbonyl (C=O) groups excluding carboxylic acids is 1. The maximum Gasteiger partial charge on any atom is 0.255 e. The number of amides is 1. The van der Waals surface area contributed by atoms with Crippen LogP contribution in [0.5, 0.6) is 5.75 Å². The number of fused-ring (bicyclic) bond motifs is 1. The molecule has 3 rings (SSSR count). The van der Waals surface area contributed by atoms with Crippen LogP contribution in [0.25, 0.3) is 0 Å². The van der Waals surface area contributed by atoms with E-state index in [0.717, 1.165) is 11.7 Å². The first-order valence-corrected chi connectivity index (χ1v) is 7.72. The number of anilines is 1. The molecule has 2 aliphatic heterocycles. The van der Waals surface area contributed by atoms with Crippen molar-refractivity contribution in [3.8, 4) is 5.75 Å². The van der Waals surface area contributed by atoms with Crippen molar-refractivity contribution >= 4 is 11.6 Å². The van der Waals surface area contributed by atoms with Gasteiger partial charge in [0, 0.05) is 30.4 Å². The Hall–Kier alpha value is -1.75. The van der Waals surface area contributed by atoms with Crippen molar-refractivity contribution in [3.63, 3.8) is 0 Å². The summed E-state index contributed by atoms with van der Waals surface area (Å²) in [5.74, 6) is 0.221. The van der Waals surface area contributed by atoms with Crippen LogP contribution in [-0.4, -0.2) is 42.6 Å². The SMILES string of the molecule is NC(=O)COc1cccc(NC2CCN3CCCC3C2)c1. The number of benzene rings is 1. The number of piperidine rings is 1. The average Bonchev–Trinajstić information content (AvgIpc) is 2.93. The summed E-state index contributed by atoms with van der Waals surface area (Å²) in [6.07, 6.45) is 5.07. The van der Waals surface area contributed by atoms with Crippen molar-refractivity contribution in [1.82, 2.24) is 4.90 Å². The molecule has 1 amide bonds. The molecular weight excluding hydrogens is 266 g/mol. The second-order valence-corrected chi connectivity index (χ2v) is 5.98. The fourth-order valence-electron chi connectivity index (χ4n) is 3.42. The van der Waals surface area contributed by atoms with Crippen molar-refractivity contribution in [3.05, 3.63) is 24.3 Å². The standard InChI is InChI=1S/C16H23N3O2/c17-16(20)11-21-15-5-1-3-12(10-15)18-13-6-8-19-7-2-4-14(19)9-13/h1,3,5,10,13-14,18H,2,4,6-9,11H2,(H2,17,20). The van der Waals surface area contributed by atoms with Crippen molar-refractivity contribution in [1.29, 1.82) is 0 Å². The molecule has 1 aromatic rings. The smallest absolute Gasteiger partial charge is 0.255 e. The first kappa shape index (κ1) is 14.2. The molecule has 0 aliphatic carbocycles. The molecule has 5 nitrogen and oxygen atoms in total. The van der Waals surface area contributed by atoms with E-state index in [9.17, 15) is 4.79 Å². The second kappa shape index (κ2) is 6.35. The minimum atomic E-state index is -0.457. The highest BCUT2D eigenvalue weighted by atomic mass is 16.5. The molecule has 1 aromatic carbocycles. The van der Waals surface area contributed by atoms with Crippen molar-refractivity contribution in [2.24, 2.45) is 5.73 Å². The van der Waals surface area contributed by atoms with Gasteiger partial charge < -0.3 is 20.7 Å². The predicted molar refractivity (Wildman–Crippen MR) is 82.4 cm³/mol. The number of carbonyl (C=O) groups is 1. The quantitative estimate of drug-likeness (QED) is 0.864. The molecule has 0 bridgehead atoms. The number of nitrogens with one attached hydrogen (secondary N) is 1. The van der Waals surface area contributed by atoms with Gasteiger partial charge in [0.15, 0.2) is 6.61 Å². The van der Waals surface area contributed by atoms with E-state index in [4.69, 9.17) is 10.5 Å². The highest BCUT2D eigenvalue weighted by Gasteiger charge is 2.31. The Morgan fingerprint density at radius 3 is 3.14 bits per heavy atom. The van der Waals surface area contributed by atoms with E-state index in [0.29, 0.717) is 11.8 Å². The normalized spacial score (nSPS) is 25.3. The van der Waals surface area contributed by atoms with Gasteiger partial charge in [-0.15, -0.1) is 0 Å². The zero-order valence-corrected chi connectivity index (χ0v) is 12.3. The third-order valence-corrected chi connectivity index (χ3v) is 4.41. The number of ether oxygens (including phenoxy) is 1. The monoisotopic (exact) mass is 289 g/mol. The van der Waals surface area contributed by atoms with Crippen LogP contribution in [-0.2, 0) is 4.79 Å². The third-order valence-electron chi connectivity index (χ3n) is 4.41. The maximum atomic E-state index is 10.8. The molecule has 2 aliphatic rings. The van der Waals surface area contributed by atoms with Crippen molar-refractivity contribution < 1.29 is 9.53 Å². The summed E-state index contributed by atoms with van der Waals surface area (Å²) in [5.41, 5.74) is 6.14. The van der Waals surface area contributed by atoms with Gasteiger partial charge >= 0.3 is 0 Å². The lowest BCUT2D eigenvalue weighted by Gasteiger charge is -2.35. The Morgan fingerprint density at radius 1 is 1.38 bits per heavy atom. The highest BCUT2D eigenvalue weighted by Crippen LogP contribution is 2.29. The van der Waals surface area contributed by atoms with Crippen LogP contribution in [0.1, 0.15) is 25.7 Å². The Labute approximate surface area is 125 Å². The molecule has 5 heteroatoms. The van der Waals surface area contributed by atoms with Gasteiger partial charge in [-0.3, -0.25) is 4.79 Å². The van der Waals surface area contributed by atoms with Crippen LogP contribution >= 0.6 is 0 Å².